The molecular formula is C12H18N2O2. The minimum absolute atomic E-state index is 0.0352. The summed E-state index contributed by atoms with van der Waals surface area (Å²) in [6.45, 7) is 1.76. The van der Waals surface area contributed by atoms with Gasteiger partial charge in [-0.05, 0) is 18.6 Å². The van der Waals surface area contributed by atoms with Crippen molar-refractivity contribution in [1.29, 1.82) is 0 Å². The SMILES string of the molecule is CC(CO)N(C)C(=O)Cc1ccccc1N. The average Bonchev–Trinajstić information content (AvgIpc) is 2.30. The number of nitrogens with zero attached hydrogens (tertiary/aromatic N) is 1. The standard InChI is InChI=1S/C12H18N2O2/c1-9(8-15)14(2)12(16)7-10-5-3-4-6-11(10)13/h3-6,9,15H,7-8,13H2,1-2H3. The summed E-state index contributed by atoms with van der Waals surface area (Å²) in [5, 5.41) is 8.96. The summed E-state index contributed by atoms with van der Waals surface area (Å²) >= 11 is 0. The number of nitrogens with two attached hydrogens (primary N) is 1. The number of amides is 1. The van der Waals surface area contributed by atoms with Crippen LogP contribution in [0.15, 0.2) is 24.3 Å². The maximum atomic E-state index is 11.8. The maximum Gasteiger partial charge on any atom is 0.227 e. The molecule has 0 aliphatic rings. The van der Waals surface area contributed by atoms with E-state index >= 15 is 0 Å². The number of aliphatic hydroxyl groups excluding tert-OH is 1. The first-order valence-corrected chi connectivity index (χ1v) is 5.26. The van der Waals surface area contributed by atoms with E-state index in [-0.39, 0.29) is 25.0 Å². The van der Waals surface area contributed by atoms with Gasteiger partial charge in [-0.3, -0.25) is 4.79 Å². The molecule has 0 radical (unpaired) electrons. The zero-order valence-corrected chi connectivity index (χ0v) is 9.68. The van der Waals surface area contributed by atoms with E-state index in [1.165, 1.54) is 4.90 Å². The number of hydrogen-bond acceptors (Lipinski definition) is 3. The topological polar surface area (TPSA) is 66.6 Å². The van der Waals surface area contributed by atoms with Crippen molar-refractivity contribution in [2.45, 2.75) is 19.4 Å². The summed E-state index contributed by atoms with van der Waals surface area (Å²) in [4.78, 5) is 13.4. The molecule has 1 amide bonds. The number of nitrogen functional groups attached to an aromatic ring is 1. The summed E-state index contributed by atoms with van der Waals surface area (Å²) in [5.41, 5.74) is 7.21. The minimum atomic E-state index is -0.169. The molecular weight excluding hydrogens is 204 g/mol. The molecule has 0 aromatic heterocycles. The number of carbonyl (C=O) groups is 1. The average molecular weight is 222 g/mol. The molecule has 88 valence electrons. The maximum absolute atomic E-state index is 11.8. The highest BCUT2D eigenvalue weighted by Crippen LogP contribution is 2.12. The number of anilines is 1. The van der Waals surface area contributed by atoms with Gasteiger partial charge < -0.3 is 15.7 Å². The summed E-state index contributed by atoms with van der Waals surface area (Å²) < 4.78 is 0. The molecule has 0 spiro atoms. The molecule has 4 heteroatoms. The van der Waals surface area contributed by atoms with E-state index < -0.39 is 0 Å². The van der Waals surface area contributed by atoms with Crippen molar-refractivity contribution >= 4 is 11.6 Å². The zero-order valence-electron chi connectivity index (χ0n) is 9.68. The molecule has 1 aromatic carbocycles. The predicted octanol–water partition coefficient (Wildman–Crippen LogP) is 0.650. The fourth-order valence-electron chi connectivity index (χ4n) is 1.35. The monoisotopic (exact) mass is 222 g/mol. The highest BCUT2D eigenvalue weighted by molar-refractivity contribution is 5.80. The Labute approximate surface area is 95.7 Å². The Bertz CT molecular complexity index is 366. The number of hydrogen-bond donors (Lipinski definition) is 2. The fraction of sp³-hybridized carbons (Fsp3) is 0.417. The number of benzene rings is 1. The quantitative estimate of drug-likeness (QED) is 0.735. The van der Waals surface area contributed by atoms with Crippen molar-refractivity contribution in [2.75, 3.05) is 19.4 Å². The molecule has 0 heterocycles. The van der Waals surface area contributed by atoms with E-state index in [1.54, 1.807) is 20.0 Å². The normalized spacial score (nSPS) is 12.2. The van der Waals surface area contributed by atoms with Crippen molar-refractivity contribution in [3.8, 4) is 0 Å². The minimum Gasteiger partial charge on any atom is -0.398 e. The number of carbonyl (C=O) groups excluding carboxylic acids is 1. The van der Waals surface area contributed by atoms with Gasteiger partial charge in [-0.15, -0.1) is 0 Å². The summed E-state index contributed by atoms with van der Waals surface area (Å²) in [6.07, 6.45) is 0.271. The molecule has 1 rings (SSSR count). The van der Waals surface area contributed by atoms with Crippen LogP contribution in [0.1, 0.15) is 12.5 Å². The number of aliphatic hydroxyl groups is 1. The number of likely N-dealkylation sites (N-methyl/N-ethyl adjacent to an activating group) is 1. The van der Waals surface area contributed by atoms with Gasteiger partial charge in [-0.1, -0.05) is 18.2 Å². The Kier molecular flexibility index (Phi) is 4.31. The molecule has 0 saturated carbocycles. The van der Waals surface area contributed by atoms with Crippen LogP contribution in [0.2, 0.25) is 0 Å². The Hall–Kier alpha value is -1.55. The van der Waals surface area contributed by atoms with Crippen molar-refractivity contribution in [2.24, 2.45) is 0 Å². The van der Waals surface area contributed by atoms with Crippen LogP contribution in [0.4, 0.5) is 5.69 Å². The first-order valence-electron chi connectivity index (χ1n) is 5.26. The van der Waals surface area contributed by atoms with Gasteiger partial charge in [0, 0.05) is 12.7 Å². The smallest absolute Gasteiger partial charge is 0.227 e. The van der Waals surface area contributed by atoms with Crippen LogP contribution in [0, 0.1) is 0 Å². The van der Waals surface area contributed by atoms with Gasteiger partial charge in [-0.25, -0.2) is 0 Å². The van der Waals surface area contributed by atoms with E-state index in [0.29, 0.717) is 5.69 Å². The summed E-state index contributed by atoms with van der Waals surface area (Å²) in [6, 6.07) is 7.14. The Morgan fingerprint density at radius 1 is 1.50 bits per heavy atom. The van der Waals surface area contributed by atoms with Crippen molar-refractivity contribution in [3.63, 3.8) is 0 Å². The van der Waals surface area contributed by atoms with Gasteiger partial charge in [0.1, 0.15) is 0 Å². The largest absolute Gasteiger partial charge is 0.398 e. The number of rotatable bonds is 4. The second-order valence-electron chi connectivity index (χ2n) is 3.91. The van der Waals surface area contributed by atoms with Gasteiger partial charge in [-0.2, -0.15) is 0 Å². The first-order chi connectivity index (χ1) is 7.56. The molecule has 0 aliphatic carbocycles. The van der Waals surface area contributed by atoms with E-state index in [4.69, 9.17) is 10.8 Å². The van der Waals surface area contributed by atoms with E-state index in [1.807, 2.05) is 18.2 Å². The second-order valence-corrected chi connectivity index (χ2v) is 3.91. The lowest BCUT2D eigenvalue weighted by Gasteiger charge is -2.23. The molecule has 0 aliphatic heterocycles. The van der Waals surface area contributed by atoms with Crippen LogP contribution < -0.4 is 5.73 Å². The van der Waals surface area contributed by atoms with E-state index in [9.17, 15) is 4.79 Å². The molecule has 0 saturated heterocycles. The Morgan fingerprint density at radius 3 is 2.69 bits per heavy atom. The third kappa shape index (κ3) is 2.97. The second kappa shape index (κ2) is 5.51. The lowest BCUT2D eigenvalue weighted by Crippen LogP contribution is -2.38. The number of para-hydroxylation sites is 1. The van der Waals surface area contributed by atoms with Crippen LogP contribution in [0.25, 0.3) is 0 Å². The highest BCUT2D eigenvalue weighted by atomic mass is 16.3. The predicted molar refractivity (Wildman–Crippen MR) is 63.9 cm³/mol. The highest BCUT2D eigenvalue weighted by Gasteiger charge is 2.15. The van der Waals surface area contributed by atoms with E-state index in [2.05, 4.69) is 0 Å². The fourth-order valence-corrected chi connectivity index (χ4v) is 1.35. The zero-order chi connectivity index (χ0) is 12.1. The van der Waals surface area contributed by atoms with Crippen LogP contribution >= 0.6 is 0 Å². The molecule has 0 bridgehead atoms. The lowest BCUT2D eigenvalue weighted by molar-refractivity contribution is -0.131. The lowest BCUT2D eigenvalue weighted by atomic mass is 10.1. The van der Waals surface area contributed by atoms with Gasteiger partial charge in [0.2, 0.25) is 5.91 Å². The van der Waals surface area contributed by atoms with E-state index in [0.717, 1.165) is 5.56 Å². The van der Waals surface area contributed by atoms with Crippen LogP contribution in [0.3, 0.4) is 0 Å². The van der Waals surface area contributed by atoms with Gasteiger partial charge in [0.25, 0.3) is 0 Å². The summed E-state index contributed by atoms with van der Waals surface area (Å²) in [7, 11) is 1.68. The van der Waals surface area contributed by atoms with Crippen LogP contribution in [-0.2, 0) is 11.2 Å². The van der Waals surface area contributed by atoms with Gasteiger partial charge in [0.15, 0.2) is 0 Å². The first kappa shape index (κ1) is 12.5. The summed E-state index contributed by atoms with van der Waals surface area (Å²) in [5.74, 6) is -0.0422. The molecule has 0 fully saturated rings. The van der Waals surface area contributed by atoms with Crippen LogP contribution in [-0.4, -0.2) is 35.6 Å². The van der Waals surface area contributed by atoms with Crippen LogP contribution in [0.5, 0.6) is 0 Å². The van der Waals surface area contributed by atoms with Gasteiger partial charge >= 0.3 is 0 Å². The molecule has 1 unspecified atom stereocenters. The van der Waals surface area contributed by atoms with Crippen molar-refractivity contribution in [1.82, 2.24) is 4.90 Å². The third-order valence-corrected chi connectivity index (χ3v) is 2.72. The molecule has 1 aromatic rings. The molecule has 1 atom stereocenters. The molecule has 4 nitrogen and oxygen atoms in total. The van der Waals surface area contributed by atoms with Gasteiger partial charge in [0.05, 0.1) is 19.1 Å². The Balaban J connectivity index is 2.68. The molecule has 16 heavy (non-hydrogen) atoms. The molecule has 3 N–H and O–H groups in total. The van der Waals surface area contributed by atoms with Crippen molar-refractivity contribution < 1.29 is 9.90 Å². The van der Waals surface area contributed by atoms with Crippen molar-refractivity contribution in [3.05, 3.63) is 29.8 Å². The Morgan fingerprint density at radius 2 is 2.12 bits per heavy atom. The third-order valence-electron chi connectivity index (χ3n) is 2.72.